The summed E-state index contributed by atoms with van der Waals surface area (Å²) in [5, 5.41) is 2.02. The highest BCUT2D eigenvalue weighted by atomic mass is 32.2. The number of quaternary nitrogens is 1. The van der Waals surface area contributed by atoms with Gasteiger partial charge in [0.25, 0.3) is 0 Å². The van der Waals surface area contributed by atoms with Crippen molar-refractivity contribution in [3.63, 3.8) is 0 Å². The Labute approximate surface area is 139 Å². The summed E-state index contributed by atoms with van der Waals surface area (Å²) in [5.41, 5.74) is 4.46. The lowest BCUT2D eigenvalue weighted by atomic mass is 9.87. The zero-order valence-corrected chi connectivity index (χ0v) is 14.4. The Balaban J connectivity index is 1.66. The molecule has 1 aromatic heterocycles. The molecule has 0 amide bonds. The number of rotatable bonds is 1. The number of thioether (sulfide) groups is 1. The third-order valence-electron chi connectivity index (χ3n) is 4.92. The average Bonchev–Trinajstić information content (AvgIpc) is 2.96. The molecule has 0 unspecified atom stereocenters. The standard InChI is InChI=1S/C18H19NOS2/c1-19-7-4-12(5-8-19)13-2-3-15-14(10-13)11-22-18-16(17(15)20)6-9-21-18/h2-3,6,9-10,12H,4-5,7-8,11H2,1H3/p+1. The minimum absolute atomic E-state index is 0.204. The van der Waals surface area contributed by atoms with E-state index >= 15 is 0 Å². The maximum atomic E-state index is 12.7. The average molecular weight is 330 g/mol. The lowest BCUT2D eigenvalue weighted by Crippen LogP contribution is -3.10. The van der Waals surface area contributed by atoms with Crippen LogP contribution in [0.15, 0.2) is 33.9 Å². The summed E-state index contributed by atoms with van der Waals surface area (Å²) < 4.78 is 1.17. The molecule has 0 radical (unpaired) electrons. The zero-order valence-electron chi connectivity index (χ0n) is 12.7. The predicted octanol–water partition coefficient (Wildman–Crippen LogP) is 2.98. The Bertz CT molecular complexity index is 714. The van der Waals surface area contributed by atoms with Crippen LogP contribution in [0.3, 0.4) is 0 Å². The lowest BCUT2D eigenvalue weighted by molar-refractivity contribution is -0.885. The van der Waals surface area contributed by atoms with E-state index in [-0.39, 0.29) is 5.78 Å². The van der Waals surface area contributed by atoms with Crippen LogP contribution in [0, 0.1) is 0 Å². The first-order chi connectivity index (χ1) is 10.7. The number of likely N-dealkylation sites (tertiary alicyclic amines) is 1. The number of carbonyl (C=O) groups is 1. The van der Waals surface area contributed by atoms with Crippen LogP contribution in [0.2, 0.25) is 0 Å². The normalized spacial score (nSPS) is 24.5. The van der Waals surface area contributed by atoms with Gasteiger partial charge in [0.1, 0.15) is 0 Å². The molecule has 1 fully saturated rings. The summed E-state index contributed by atoms with van der Waals surface area (Å²) in [7, 11) is 2.28. The molecule has 4 rings (SSSR count). The molecule has 2 nitrogen and oxygen atoms in total. The molecule has 2 aromatic rings. The molecule has 1 N–H and O–H groups in total. The van der Waals surface area contributed by atoms with Gasteiger partial charge in [-0.15, -0.1) is 23.1 Å². The smallest absolute Gasteiger partial charge is 0.195 e. The molecule has 0 atom stereocenters. The van der Waals surface area contributed by atoms with E-state index in [0.717, 1.165) is 16.9 Å². The summed E-state index contributed by atoms with van der Waals surface area (Å²) in [5.74, 6) is 1.79. The van der Waals surface area contributed by atoms with Crippen LogP contribution in [-0.2, 0) is 5.75 Å². The van der Waals surface area contributed by atoms with Crippen molar-refractivity contribution in [3.8, 4) is 0 Å². The topological polar surface area (TPSA) is 21.5 Å². The number of nitrogens with one attached hydrogen (secondary N) is 1. The molecule has 2 aliphatic heterocycles. The fraction of sp³-hybridized carbons (Fsp3) is 0.389. The number of benzene rings is 1. The van der Waals surface area contributed by atoms with E-state index in [1.54, 1.807) is 16.2 Å². The summed E-state index contributed by atoms with van der Waals surface area (Å²) in [6, 6.07) is 8.55. The molecule has 3 heterocycles. The third-order valence-corrected chi connectivity index (χ3v) is 7.20. The van der Waals surface area contributed by atoms with Gasteiger partial charge in [0.15, 0.2) is 5.78 Å². The van der Waals surface area contributed by atoms with E-state index in [9.17, 15) is 4.79 Å². The molecule has 2 aliphatic rings. The van der Waals surface area contributed by atoms with Crippen LogP contribution < -0.4 is 4.90 Å². The number of carbonyl (C=O) groups excluding carboxylic acids is 1. The number of hydrogen-bond acceptors (Lipinski definition) is 3. The van der Waals surface area contributed by atoms with Gasteiger partial charge >= 0.3 is 0 Å². The maximum Gasteiger partial charge on any atom is 0.195 e. The molecule has 0 bridgehead atoms. The Hall–Kier alpha value is -1.10. The third kappa shape index (κ3) is 2.53. The van der Waals surface area contributed by atoms with E-state index in [4.69, 9.17) is 0 Å². The molecule has 0 aliphatic carbocycles. The summed E-state index contributed by atoms with van der Waals surface area (Å²) in [6.07, 6.45) is 2.53. The van der Waals surface area contributed by atoms with Crippen LogP contribution >= 0.6 is 23.1 Å². The highest BCUT2D eigenvalue weighted by Crippen LogP contribution is 2.38. The molecule has 0 saturated carbocycles. The second kappa shape index (κ2) is 5.84. The quantitative estimate of drug-likeness (QED) is 0.868. The van der Waals surface area contributed by atoms with Crippen molar-refractivity contribution in [2.75, 3.05) is 20.1 Å². The zero-order chi connectivity index (χ0) is 15.1. The van der Waals surface area contributed by atoms with Crippen molar-refractivity contribution in [1.82, 2.24) is 0 Å². The Morgan fingerprint density at radius 3 is 2.77 bits per heavy atom. The second-order valence-corrected chi connectivity index (χ2v) is 8.55. The Morgan fingerprint density at radius 2 is 1.95 bits per heavy atom. The van der Waals surface area contributed by atoms with E-state index in [1.165, 1.54) is 41.3 Å². The number of ketones is 1. The van der Waals surface area contributed by atoms with Crippen LogP contribution in [0.25, 0.3) is 0 Å². The highest BCUT2D eigenvalue weighted by molar-refractivity contribution is 8.00. The molecule has 114 valence electrons. The van der Waals surface area contributed by atoms with Gasteiger partial charge in [-0.1, -0.05) is 18.2 Å². The fourth-order valence-electron chi connectivity index (χ4n) is 3.52. The SMILES string of the molecule is C[NH+]1CCC(c2ccc3c(c2)CSc2sccc2C3=O)CC1. The van der Waals surface area contributed by atoms with Crippen LogP contribution in [-0.4, -0.2) is 25.9 Å². The van der Waals surface area contributed by atoms with E-state index in [2.05, 4.69) is 25.2 Å². The second-order valence-electron chi connectivity index (χ2n) is 6.39. The summed E-state index contributed by atoms with van der Waals surface area (Å²) >= 11 is 3.50. The van der Waals surface area contributed by atoms with Gasteiger partial charge in [0.05, 0.1) is 24.3 Å². The van der Waals surface area contributed by atoms with Gasteiger partial charge in [-0.3, -0.25) is 4.79 Å². The van der Waals surface area contributed by atoms with E-state index in [0.29, 0.717) is 5.92 Å². The van der Waals surface area contributed by atoms with Gasteiger partial charge in [-0.25, -0.2) is 0 Å². The van der Waals surface area contributed by atoms with Gasteiger partial charge in [-0.05, 0) is 28.5 Å². The number of piperidine rings is 1. The largest absolute Gasteiger partial charge is 0.337 e. The number of thiophene rings is 1. The van der Waals surface area contributed by atoms with Gasteiger partial charge in [0, 0.05) is 29.7 Å². The lowest BCUT2D eigenvalue weighted by Gasteiger charge is -2.27. The number of fused-ring (bicyclic) bond motifs is 2. The van der Waals surface area contributed by atoms with Crippen LogP contribution in [0.4, 0.5) is 0 Å². The van der Waals surface area contributed by atoms with Crippen molar-refractivity contribution in [3.05, 3.63) is 51.9 Å². The summed E-state index contributed by atoms with van der Waals surface area (Å²) in [4.78, 5) is 14.3. The van der Waals surface area contributed by atoms with E-state index < -0.39 is 0 Å². The van der Waals surface area contributed by atoms with Gasteiger partial charge < -0.3 is 4.90 Å². The predicted molar refractivity (Wildman–Crippen MR) is 92.4 cm³/mol. The van der Waals surface area contributed by atoms with Crippen molar-refractivity contribution in [2.24, 2.45) is 0 Å². The Kier molecular flexibility index (Phi) is 3.84. The Morgan fingerprint density at radius 1 is 1.14 bits per heavy atom. The van der Waals surface area contributed by atoms with Crippen molar-refractivity contribution in [2.45, 2.75) is 28.7 Å². The first-order valence-corrected chi connectivity index (χ1v) is 9.78. The molecule has 0 spiro atoms. The molecular formula is C18H20NOS2+. The monoisotopic (exact) mass is 330 g/mol. The molecule has 1 saturated heterocycles. The molecule has 4 heteroatoms. The van der Waals surface area contributed by atoms with Crippen molar-refractivity contribution >= 4 is 28.9 Å². The van der Waals surface area contributed by atoms with Crippen LogP contribution in [0.1, 0.15) is 45.8 Å². The molecule has 22 heavy (non-hydrogen) atoms. The fourth-order valence-corrected chi connectivity index (χ4v) is 5.59. The van der Waals surface area contributed by atoms with Gasteiger partial charge in [-0.2, -0.15) is 0 Å². The van der Waals surface area contributed by atoms with Gasteiger partial charge in [0.2, 0.25) is 0 Å². The highest BCUT2D eigenvalue weighted by Gasteiger charge is 2.25. The minimum Gasteiger partial charge on any atom is -0.337 e. The van der Waals surface area contributed by atoms with Crippen molar-refractivity contribution < 1.29 is 9.69 Å². The molecular weight excluding hydrogens is 310 g/mol. The molecule has 1 aromatic carbocycles. The van der Waals surface area contributed by atoms with Crippen LogP contribution in [0.5, 0.6) is 0 Å². The first kappa shape index (κ1) is 14.5. The minimum atomic E-state index is 0.204. The summed E-state index contributed by atoms with van der Waals surface area (Å²) in [6.45, 7) is 2.51. The van der Waals surface area contributed by atoms with Crippen molar-refractivity contribution in [1.29, 1.82) is 0 Å². The maximum absolute atomic E-state index is 12.7. The van der Waals surface area contributed by atoms with E-state index in [1.807, 2.05) is 23.2 Å². The first-order valence-electron chi connectivity index (χ1n) is 7.91. The number of hydrogen-bond donors (Lipinski definition) is 1.